The Morgan fingerprint density at radius 1 is 1.44 bits per heavy atom. The van der Waals surface area contributed by atoms with Crippen molar-refractivity contribution >= 4 is 5.91 Å². The van der Waals surface area contributed by atoms with Gasteiger partial charge < -0.3 is 9.84 Å². The molecule has 0 aliphatic carbocycles. The van der Waals surface area contributed by atoms with Gasteiger partial charge in [-0.25, -0.2) is 0 Å². The SMILES string of the molecule is CC(C)c1noc([C@H](C)NC(=O)c2cn[nH]c2)n1. The molecule has 0 saturated heterocycles. The minimum atomic E-state index is -0.340. The highest BCUT2D eigenvalue weighted by Crippen LogP contribution is 2.15. The van der Waals surface area contributed by atoms with Gasteiger partial charge in [-0.3, -0.25) is 9.89 Å². The molecule has 2 heterocycles. The molecular formula is C11H15N5O2. The summed E-state index contributed by atoms with van der Waals surface area (Å²) in [7, 11) is 0. The Morgan fingerprint density at radius 3 is 2.78 bits per heavy atom. The van der Waals surface area contributed by atoms with Crippen LogP contribution in [-0.4, -0.2) is 26.2 Å². The number of carbonyl (C=O) groups is 1. The molecule has 0 spiro atoms. The fourth-order valence-corrected chi connectivity index (χ4v) is 1.37. The first-order valence-corrected chi connectivity index (χ1v) is 5.71. The van der Waals surface area contributed by atoms with Crippen molar-refractivity contribution in [2.45, 2.75) is 32.7 Å². The van der Waals surface area contributed by atoms with E-state index in [0.29, 0.717) is 17.3 Å². The monoisotopic (exact) mass is 249 g/mol. The lowest BCUT2D eigenvalue weighted by Gasteiger charge is -2.07. The van der Waals surface area contributed by atoms with Crippen LogP contribution in [0.5, 0.6) is 0 Å². The Morgan fingerprint density at radius 2 is 2.22 bits per heavy atom. The van der Waals surface area contributed by atoms with Crippen LogP contribution in [0.15, 0.2) is 16.9 Å². The summed E-state index contributed by atoms with van der Waals surface area (Å²) < 4.78 is 5.11. The molecule has 2 N–H and O–H groups in total. The molecule has 0 aliphatic heterocycles. The molecule has 7 nitrogen and oxygen atoms in total. The minimum Gasteiger partial charge on any atom is -0.340 e. The largest absolute Gasteiger partial charge is 0.340 e. The van der Waals surface area contributed by atoms with Crippen molar-refractivity contribution in [3.05, 3.63) is 29.7 Å². The van der Waals surface area contributed by atoms with Crippen molar-refractivity contribution in [1.82, 2.24) is 25.7 Å². The Balaban J connectivity index is 2.03. The lowest BCUT2D eigenvalue weighted by atomic mass is 10.2. The van der Waals surface area contributed by atoms with Crippen LogP contribution >= 0.6 is 0 Å². The van der Waals surface area contributed by atoms with Crippen molar-refractivity contribution in [3.63, 3.8) is 0 Å². The maximum Gasteiger partial charge on any atom is 0.255 e. The molecule has 0 radical (unpaired) electrons. The quantitative estimate of drug-likeness (QED) is 0.853. The van der Waals surface area contributed by atoms with E-state index in [-0.39, 0.29) is 17.9 Å². The summed E-state index contributed by atoms with van der Waals surface area (Å²) in [6.45, 7) is 5.74. The fraction of sp³-hybridized carbons (Fsp3) is 0.455. The van der Waals surface area contributed by atoms with Crippen molar-refractivity contribution < 1.29 is 9.32 Å². The first kappa shape index (κ1) is 12.3. The standard InChI is InChI=1S/C11H15N5O2/c1-6(2)9-15-11(18-16-9)7(3)14-10(17)8-4-12-13-5-8/h4-7H,1-3H3,(H,12,13)(H,14,17)/t7-/m0/s1. The molecule has 0 aliphatic rings. The third-order valence-electron chi connectivity index (χ3n) is 2.45. The van der Waals surface area contributed by atoms with Crippen molar-refractivity contribution in [2.75, 3.05) is 0 Å². The summed E-state index contributed by atoms with van der Waals surface area (Å²) in [4.78, 5) is 16.0. The van der Waals surface area contributed by atoms with E-state index in [4.69, 9.17) is 4.52 Å². The molecule has 18 heavy (non-hydrogen) atoms. The predicted molar refractivity (Wildman–Crippen MR) is 62.9 cm³/mol. The normalized spacial score (nSPS) is 12.7. The van der Waals surface area contributed by atoms with Gasteiger partial charge in [0, 0.05) is 12.1 Å². The fourth-order valence-electron chi connectivity index (χ4n) is 1.37. The summed E-state index contributed by atoms with van der Waals surface area (Å²) in [6.07, 6.45) is 2.98. The van der Waals surface area contributed by atoms with Crippen molar-refractivity contribution in [3.8, 4) is 0 Å². The van der Waals surface area contributed by atoms with Gasteiger partial charge in [-0.2, -0.15) is 10.1 Å². The molecule has 2 aromatic rings. The van der Waals surface area contributed by atoms with Crippen LogP contribution in [0.4, 0.5) is 0 Å². The number of hydrogen-bond donors (Lipinski definition) is 2. The van der Waals surface area contributed by atoms with Crippen LogP contribution in [0.25, 0.3) is 0 Å². The van der Waals surface area contributed by atoms with Gasteiger partial charge in [-0.15, -0.1) is 0 Å². The molecule has 0 bridgehead atoms. The molecule has 0 aromatic carbocycles. The highest BCUT2D eigenvalue weighted by molar-refractivity contribution is 5.93. The molecule has 2 aromatic heterocycles. The van der Waals surface area contributed by atoms with Gasteiger partial charge in [0.05, 0.1) is 11.8 Å². The van der Waals surface area contributed by atoms with Crippen LogP contribution in [0.2, 0.25) is 0 Å². The van der Waals surface area contributed by atoms with E-state index >= 15 is 0 Å². The van der Waals surface area contributed by atoms with E-state index in [1.165, 1.54) is 12.4 Å². The Hall–Kier alpha value is -2.18. The minimum absolute atomic E-state index is 0.194. The predicted octanol–water partition coefficient (Wildman–Crippen LogP) is 1.41. The van der Waals surface area contributed by atoms with Gasteiger partial charge >= 0.3 is 0 Å². The van der Waals surface area contributed by atoms with E-state index in [9.17, 15) is 4.79 Å². The number of rotatable bonds is 4. The second-order valence-electron chi connectivity index (χ2n) is 4.33. The van der Waals surface area contributed by atoms with E-state index in [1.807, 2.05) is 13.8 Å². The third kappa shape index (κ3) is 2.55. The lowest BCUT2D eigenvalue weighted by molar-refractivity contribution is 0.0932. The number of amides is 1. The van der Waals surface area contributed by atoms with Crippen molar-refractivity contribution in [1.29, 1.82) is 0 Å². The van der Waals surface area contributed by atoms with Gasteiger partial charge in [0.2, 0.25) is 5.89 Å². The molecule has 1 amide bonds. The van der Waals surface area contributed by atoms with E-state index < -0.39 is 0 Å². The Labute approximate surface area is 104 Å². The van der Waals surface area contributed by atoms with E-state index in [2.05, 4.69) is 25.7 Å². The maximum atomic E-state index is 11.8. The number of nitrogens with one attached hydrogen (secondary N) is 2. The van der Waals surface area contributed by atoms with Crippen LogP contribution < -0.4 is 5.32 Å². The number of aromatic nitrogens is 4. The maximum absolute atomic E-state index is 11.8. The summed E-state index contributed by atoms with van der Waals surface area (Å²) >= 11 is 0. The Kier molecular flexibility index (Phi) is 3.40. The highest BCUT2D eigenvalue weighted by Gasteiger charge is 2.18. The van der Waals surface area contributed by atoms with E-state index in [1.54, 1.807) is 6.92 Å². The van der Waals surface area contributed by atoms with Crippen molar-refractivity contribution in [2.24, 2.45) is 0 Å². The molecular weight excluding hydrogens is 234 g/mol. The van der Waals surface area contributed by atoms with Crippen LogP contribution in [-0.2, 0) is 0 Å². The number of carbonyl (C=O) groups excluding carboxylic acids is 1. The number of aromatic amines is 1. The molecule has 0 fully saturated rings. The summed E-state index contributed by atoms with van der Waals surface area (Å²) in [6, 6.07) is -0.340. The first-order chi connectivity index (χ1) is 8.58. The number of hydrogen-bond acceptors (Lipinski definition) is 5. The summed E-state index contributed by atoms with van der Waals surface area (Å²) in [5.41, 5.74) is 0.463. The molecule has 0 saturated carbocycles. The topological polar surface area (TPSA) is 96.7 Å². The smallest absolute Gasteiger partial charge is 0.255 e. The number of H-pyrrole nitrogens is 1. The molecule has 1 atom stereocenters. The molecule has 2 rings (SSSR count). The highest BCUT2D eigenvalue weighted by atomic mass is 16.5. The Bertz CT molecular complexity index is 517. The zero-order valence-electron chi connectivity index (χ0n) is 10.5. The molecule has 7 heteroatoms. The van der Waals surface area contributed by atoms with Gasteiger partial charge in [0.1, 0.15) is 6.04 Å². The lowest BCUT2D eigenvalue weighted by Crippen LogP contribution is -2.26. The summed E-state index contributed by atoms with van der Waals surface area (Å²) in [5.74, 6) is 0.991. The van der Waals surface area contributed by atoms with E-state index in [0.717, 1.165) is 0 Å². The second kappa shape index (κ2) is 4.99. The third-order valence-corrected chi connectivity index (χ3v) is 2.45. The molecule has 0 unspecified atom stereocenters. The number of nitrogens with zero attached hydrogens (tertiary/aromatic N) is 3. The zero-order valence-corrected chi connectivity index (χ0v) is 10.5. The van der Waals surface area contributed by atoms with Crippen LogP contribution in [0.3, 0.4) is 0 Å². The van der Waals surface area contributed by atoms with Gasteiger partial charge in [0.15, 0.2) is 5.82 Å². The zero-order chi connectivity index (χ0) is 13.1. The average Bonchev–Trinajstić information content (AvgIpc) is 3.00. The van der Waals surface area contributed by atoms with Gasteiger partial charge in [-0.05, 0) is 6.92 Å². The second-order valence-corrected chi connectivity index (χ2v) is 4.33. The summed E-state index contributed by atoms with van der Waals surface area (Å²) in [5, 5.41) is 12.9. The van der Waals surface area contributed by atoms with Gasteiger partial charge in [0.25, 0.3) is 5.91 Å². The first-order valence-electron chi connectivity index (χ1n) is 5.71. The average molecular weight is 249 g/mol. The van der Waals surface area contributed by atoms with Gasteiger partial charge in [-0.1, -0.05) is 19.0 Å². The van der Waals surface area contributed by atoms with Crippen LogP contribution in [0.1, 0.15) is 54.8 Å². The van der Waals surface area contributed by atoms with Crippen LogP contribution in [0, 0.1) is 0 Å². The molecule has 96 valence electrons.